The Labute approximate surface area is 59.7 Å². The van der Waals surface area contributed by atoms with Crippen LogP contribution in [0.1, 0.15) is 6.92 Å². The van der Waals surface area contributed by atoms with Crippen molar-refractivity contribution in [3.63, 3.8) is 0 Å². The summed E-state index contributed by atoms with van der Waals surface area (Å²) in [6.07, 6.45) is 1.80. The highest BCUT2D eigenvalue weighted by Crippen LogP contribution is 1.90. The highest BCUT2D eigenvalue weighted by Gasteiger charge is 2.01. The van der Waals surface area contributed by atoms with Crippen LogP contribution >= 0.6 is 0 Å². The first-order valence-corrected chi connectivity index (χ1v) is 2.95. The minimum Gasteiger partial charge on any atom is -0.462 e. The minimum atomic E-state index is -0.492. The molecule has 0 aliphatic carbocycles. The predicted octanol–water partition coefficient (Wildman–Crippen LogP) is 0.551. The first-order valence-electron chi connectivity index (χ1n) is 2.95. The SMILES string of the molecule is C=CC(=O)OCC(C)C=O. The molecule has 56 valence electrons. The molecule has 0 heterocycles. The van der Waals surface area contributed by atoms with E-state index in [4.69, 9.17) is 0 Å². The van der Waals surface area contributed by atoms with E-state index in [1.807, 2.05) is 0 Å². The summed E-state index contributed by atoms with van der Waals surface area (Å²) in [6, 6.07) is 0. The van der Waals surface area contributed by atoms with Crippen LogP contribution in [0.4, 0.5) is 0 Å². The lowest BCUT2D eigenvalue weighted by Gasteiger charge is -2.01. The fourth-order valence-corrected chi connectivity index (χ4v) is 0.312. The molecule has 0 aromatic heterocycles. The van der Waals surface area contributed by atoms with E-state index in [2.05, 4.69) is 11.3 Å². The molecule has 0 rings (SSSR count). The molecule has 0 aromatic carbocycles. The van der Waals surface area contributed by atoms with Gasteiger partial charge < -0.3 is 9.53 Å². The molecule has 0 radical (unpaired) electrons. The molecular weight excluding hydrogens is 132 g/mol. The summed E-state index contributed by atoms with van der Waals surface area (Å²) >= 11 is 0. The Morgan fingerprint density at radius 3 is 2.80 bits per heavy atom. The van der Waals surface area contributed by atoms with E-state index in [1.165, 1.54) is 0 Å². The van der Waals surface area contributed by atoms with Crippen LogP contribution in [0.3, 0.4) is 0 Å². The van der Waals surface area contributed by atoms with Crippen LogP contribution in [0.15, 0.2) is 12.7 Å². The maximum Gasteiger partial charge on any atom is 0.330 e. The van der Waals surface area contributed by atoms with Crippen LogP contribution < -0.4 is 0 Å². The van der Waals surface area contributed by atoms with Crippen LogP contribution in [0, 0.1) is 5.92 Å². The third kappa shape index (κ3) is 3.83. The third-order valence-electron chi connectivity index (χ3n) is 0.887. The lowest BCUT2D eigenvalue weighted by molar-refractivity contribution is -0.139. The van der Waals surface area contributed by atoms with Gasteiger partial charge in [-0.2, -0.15) is 0 Å². The summed E-state index contributed by atoms with van der Waals surface area (Å²) in [5.74, 6) is -0.724. The van der Waals surface area contributed by atoms with Crippen molar-refractivity contribution < 1.29 is 14.3 Å². The molecule has 0 bridgehead atoms. The Balaban J connectivity index is 3.43. The molecule has 0 aromatic rings. The zero-order chi connectivity index (χ0) is 7.98. The van der Waals surface area contributed by atoms with E-state index >= 15 is 0 Å². The number of aldehydes is 1. The number of hydrogen-bond acceptors (Lipinski definition) is 3. The van der Waals surface area contributed by atoms with Gasteiger partial charge in [-0.3, -0.25) is 0 Å². The fourth-order valence-electron chi connectivity index (χ4n) is 0.312. The van der Waals surface area contributed by atoms with Crippen LogP contribution in [-0.4, -0.2) is 18.9 Å². The van der Waals surface area contributed by atoms with Gasteiger partial charge in [0.1, 0.15) is 12.9 Å². The first-order chi connectivity index (χ1) is 4.70. The molecule has 1 atom stereocenters. The van der Waals surface area contributed by atoms with Crippen LogP contribution in [-0.2, 0) is 14.3 Å². The smallest absolute Gasteiger partial charge is 0.330 e. The zero-order valence-electron chi connectivity index (χ0n) is 5.87. The Morgan fingerprint density at radius 2 is 2.40 bits per heavy atom. The van der Waals surface area contributed by atoms with Gasteiger partial charge in [0.15, 0.2) is 0 Å². The number of rotatable bonds is 4. The maximum atomic E-state index is 10.4. The predicted molar refractivity (Wildman–Crippen MR) is 36.4 cm³/mol. The van der Waals surface area contributed by atoms with E-state index in [1.54, 1.807) is 6.92 Å². The quantitative estimate of drug-likeness (QED) is 0.327. The normalized spacial score (nSPS) is 11.7. The molecular formula is C7H10O3. The molecule has 0 saturated heterocycles. The van der Waals surface area contributed by atoms with Gasteiger partial charge in [-0.1, -0.05) is 13.5 Å². The van der Waals surface area contributed by atoms with Gasteiger partial charge in [0.2, 0.25) is 0 Å². The van der Waals surface area contributed by atoms with Crippen molar-refractivity contribution in [3.05, 3.63) is 12.7 Å². The van der Waals surface area contributed by atoms with Gasteiger partial charge in [-0.05, 0) is 0 Å². The minimum absolute atomic E-state index is 0.133. The number of ether oxygens (including phenoxy) is 1. The Kier molecular flexibility index (Phi) is 4.20. The second kappa shape index (κ2) is 4.73. The van der Waals surface area contributed by atoms with Crippen LogP contribution in [0.2, 0.25) is 0 Å². The molecule has 0 aliphatic rings. The summed E-state index contributed by atoms with van der Waals surface area (Å²) in [6.45, 7) is 5.00. The third-order valence-corrected chi connectivity index (χ3v) is 0.887. The largest absolute Gasteiger partial charge is 0.462 e. The second-order valence-corrected chi connectivity index (χ2v) is 1.95. The number of esters is 1. The van der Waals surface area contributed by atoms with Crippen LogP contribution in [0.25, 0.3) is 0 Å². The first kappa shape index (κ1) is 8.88. The molecule has 0 saturated carbocycles. The van der Waals surface area contributed by atoms with Crippen molar-refractivity contribution in [2.45, 2.75) is 6.92 Å². The van der Waals surface area contributed by atoms with E-state index in [0.29, 0.717) is 0 Å². The van der Waals surface area contributed by atoms with Crippen molar-refractivity contribution in [1.82, 2.24) is 0 Å². The van der Waals surface area contributed by atoms with E-state index in [0.717, 1.165) is 12.4 Å². The van der Waals surface area contributed by atoms with E-state index in [9.17, 15) is 9.59 Å². The zero-order valence-corrected chi connectivity index (χ0v) is 5.87. The Bertz CT molecular complexity index is 140. The molecule has 1 unspecified atom stereocenters. The lowest BCUT2D eigenvalue weighted by atomic mass is 10.2. The molecule has 0 fully saturated rings. The monoisotopic (exact) mass is 142 g/mol. The second-order valence-electron chi connectivity index (χ2n) is 1.95. The molecule has 0 aliphatic heterocycles. The molecule has 0 spiro atoms. The number of carbonyl (C=O) groups is 2. The summed E-state index contributed by atoms with van der Waals surface area (Å²) in [5, 5.41) is 0. The van der Waals surface area contributed by atoms with Crippen LogP contribution in [0.5, 0.6) is 0 Å². The summed E-state index contributed by atoms with van der Waals surface area (Å²) in [7, 11) is 0. The van der Waals surface area contributed by atoms with Gasteiger partial charge in [-0.15, -0.1) is 0 Å². The van der Waals surface area contributed by atoms with E-state index in [-0.39, 0.29) is 12.5 Å². The summed E-state index contributed by atoms with van der Waals surface area (Å²) in [5.41, 5.74) is 0. The molecule has 3 nitrogen and oxygen atoms in total. The molecule has 0 N–H and O–H groups in total. The number of hydrogen-bond donors (Lipinski definition) is 0. The van der Waals surface area contributed by atoms with Gasteiger partial charge in [-0.25, -0.2) is 4.79 Å². The highest BCUT2D eigenvalue weighted by molar-refractivity contribution is 5.81. The van der Waals surface area contributed by atoms with Gasteiger partial charge in [0.25, 0.3) is 0 Å². The van der Waals surface area contributed by atoms with Crippen molar-refractivity contribution in [2.75, 3.05) is 6.61 Å². The Hall–Kier alpha value is -1.12. The van der Waals surface area contributed by atoms with Crippen molar-refractivity contribution in [3.8, 4) is 0 Å². The maximum absolute atomic E-state index is 10.4. The van der Waals surface area contributed by atoms with Gasteiger partial charge >= 0.3 is 5.97 Å². The lowest BCUT2D eigenvalue weighted by Crippen LogP contribution is -2.10. The highest BCUT2D eigenvalue weighted by atomic mass is 16.5. The van der Waals surface area contributed by atoms with Gasteiger partial charge in [0.05, 0.1) is 0 Å². The average Bonchev–Trinajstić information content (AvgIpc) is 1.99. The molecule has 3 heteroatoms. The average molecular weight is 142 g/mol. The fraction of sp³-hybridized carbons (Fsp3) is 0.429. The Morgan fingerprint density at radius 1 is 1.80 bits per heavy atom. The van der Waals surface area contributed by atoms with E-state index < -0.39 is 5.97 Å². The summed E-state index contributed by atoms with van der Waals surface area (Å²) in [4.78, 5) is 20.4. The molecule has 10 heavy (non-hydrogen) atoms. The van der Waals surface area contributed by atoms with Crippen molar-refractivity contribution in [1.29, 1.82) is 0 Å². The standard InChI is InChI=1S/C7H10O3/c1-3-7(9)10-5-6(2)4-8/h3-4,6H,1,5H2,2H3. The van der Waals surface area contributed by atoms with Crippen molar-refractivity contribution in [2.24, 2.45) is 5.92 Å². The van der Waals surface area contributed by atoms with Gasteiger partial charge in [0, 0.05) is 12.0 Å². The number of carbonyl (C=O) groups excluding carboxylic acids is 2. The summed E-state index contributed by atoms with van der Waals surface area (Å²) < 4.78 is 4.56. The van der Waals surface area contributed by atoms with Crippen molar-refractivity contribution >= 4 is 12.3 Å². The molecule has 0 amide bonds. The topological polar surface area (TPSA) is 43.4 Å².